The Bertz CT molecular complexity index is 996. The smallest absolute Gasteiger partial charge is 0.264 e. The quantitative estimate of drug-likeness (QED) is 0.610. The van der Waals surface area contributed by atoms with Gasteiger partial charge in [-0.3, -0.25) is 9.59 Å². The topological polar surface area (TPSA) is 40.6 Å². The van der Waals surface area contributed by atoms with E-state index in [9.17, 15) is 9.59 Å². The summed E-state index contributed by atoms with van der Waals surface area (Å²) in [5.41, 5.74) is 2.22. The van der Waals surface area contributed by atoms with E-state index in [4.69, 9.17) is 11.6 Å². The highest BCUT2D eigenvalue weighted by atomic mass is 35.5. The van der Waals surface area contributed by atoms with Gasteiger partial charge in [0.15, 0.2) is 0 Å². The molecule has 150 valence electrons. The van der Waals surface area contributed by atoms with Crippen molar-refractivity contribution in [2.45, 2.75) is 24.7 Å². The van der Waals surface area contributed by atoms with E-state index in [1.807, 2.05) is 53.4 Å². The van der Waals surface area contributed by atoms with Gasteiger partial charge in [-0.1, -0.05) is 48.5 Å². The summed E-state index contributed by atoms with van der Waals surface area (Å²) in [6.45, 7) is 3.82. The highest BCUT2D eigenvalue weighted by Gasteiger charge is 2.29. The summed E-state index contributed by atoms with van der Waals surface area (Å²) in [7, 11) is 1.75. The van der Waals surface area contributed by atoms with Gasteiger partial charge in [-0.2, -0.15) is 0 Å². The molecule has 0 aliphatic carbocycles. The first-order chi connectivity index (χ1) is 13.9. The van der Waals surface area contributed by atoms with Crippen LogP contribution in [0.5, 0.6) is 0 Å². The first-order valence-electron chi connectivity index (χ1n) is 9.79. The third kappa shape index (κ3) is 4.07. The van der Waals surface area contributed by atoms with E-state index in [2.05, 4.69) is 6.92 Å². The second kappa shape index (κ2) is 8.25. The molecule has 2 amide bonds. The number of piperidine rings is 1. The molecule has 0 bridgehead atoms. The van der Waals surface area contributed by atoms with Gasteiger partial charge in [0.2, 0.25) is 0 Å². The van der Waals surface area contributed by atoms with Crippen LogP contribution in [0.2, 0.25) is 5.02 Å². The highest BCUT2D eigenvalue weighted by Crippen LogP contribution is 2.42. The molecular weight excluding hydrogens is 404 g/mol. The molecule has 2 aliphatic rings. The summed E-state index contributed by atoms with van der Waals surface area (Å²) in [6.07, 6.45) is 3.91. The van der Waals surface area contributed by atoms with Gasteiger partial charge in [0.25, 0.3) is 11.8 Å². The van der Waals surface area contributed by atoms with Gasteiger partial charge in [0.05, 0.1) is 10.6 Å². The molecule has 2 aromatic carbocycles. The lowest BCUT2D eigenvalue weighted by molar-refractivity contribution is -0.114. The van der Waals surface area contributed by atoms with Crippen LogP contribution < -0.4 is 4.90 Å². The minimum atomic E-state index is -0.0983. The van der Waals surface area contributed by atoms with Crippen molar-refractivity contribution in [2.24, 2.45) is 5.92 Å². The van der Waals surface area contributed by atoms with E-state index in [1.165, 1.54) is 11.8 Å². The maximum Gasteiger partial charge on any atom is 0.264 e. The lowest BCUT2D eigenvalue weighted by Gasteiger charge is -2.31. The molecule has 0 atom stereocenters. The van der Waals surface area contributed by atoms with Crippen LogP contribution in [0.15, 0.2) is 52.3 Å². The molecule has 4 rings (SSSR count). The third-order valence-electron chi connectivity index (χ3n) is 5.57. The fourth-order valence-electron chi connectivity index (χ4n) is 3.65. The number of anilines is 1. The fraction of sp³-hybridized carbons (Fsp3) is 0.304. The molecule has 1 fully saturated rings. The van der Waals surface area contributed by atoms with Gasteiger partial charge in [-0.15, -0.1) is 0 Å². The van der Waals surface area contributed by atoms with Crippen LogP contribution in [0.25, 0.3) is 6.08 Å². The van der Waals surface area contributed by atoms with Crippen molar-refractivity contribution in [1.29, 1.82) is 0 Å². The zero-order valence-electron chi connectivity index (χ0n) is 16.5. The number of hydrogen-bond donors (Lipinski definition) is 0. The Kier molecular flexibility index (Phi) is 5.70. The molecule has 0 unspecified atom stereocenters. The summed E-state index contributed by atoms with van der Waals surface area (Å²) in [6, 6.07) is 13.1. The Balaban J connectivity index is 1.61. The van der Waals surface area contributed by atoms with E-state index >= 15 is 0 Å². The van der Waals surface area contributed by atoms with Gasteiger partial charge in [0, 0.05) is 35.6 Å². The second-order valence-electron chi connectivity index (χ2n) is 7.65. The molecule has 2 aliphatic heterocycles. The van der Waals surface area contributed by atoms with Crippen molar-refractivity contribution >= 4 is 46.9 Å². The van der Waals surface area contributed by atoms with Gasteiger partial charge < -0.3 is 9.80 Å². The molecule has 0 saturated carbocycles. The molecular formula is C23H23ClN2O2S. The number of halogens is 1. The second-order valence-corrected chi connectivity index (χ2v) is 9.14. The number of carbonyl (C=O) groups is 2. The Labute approximate surface area is 180 Å². The summed E-state index contributed by atoms with van der Waals surface area (Å²) >= 11 is 7.66. The van der Waals surface area contributed by atoms with E-state index in [0.29, 0.717) is 21.4 Å². The minimum absolute atomic E-state index is 0.0444. The molecule has 0 spiro atoms. The number of benzene rings is 2. The highest BCUT2D eigenvalue weighted by molar-refractivity contribution is 8.04. The predicted molar refractivity (Wildman–Crippen MR) is 119 cm³/mol. The Morgan fingerprint density at radius 1 is 1.17 bits per heavy atom. The van der Waals surface area contributed by atoms with Crippen molar-refractivity contribution in [1.82, 2.24) is 4.90 Å². The molecule has 1 saturated heterocycles. The standard InChI is InChI=1S/C23H23ClN2O2S/c1-15-9-11-26(12-10-15)22(27)17-7-8-20-19(13-17)25(2)23(28)21(29-20)14-16-5-3-4-6-18(16)24/h3-8,13-15H,9-12H2,1-2H3/b21-14-. The van der Waals surface area contributed by atoms with Crippen LogP contribution in [0.3, 0.4) is 0 Å². The Morgan fingerprint density at radius 3 is 2.62 bits per heavy atom. The minimum Gasteiger partial charge on any atom is -0.339 e. The molecule has 2 heterocycles. The van der Waals surface area contributed by atoms with Gasteiger partial charge >= 0.3 is 0 Å². The van der Waals surface area contributed by atoms with Crippen LogP contribution in [-0.2, 0) is 4.79 Å². The summed E-state index contributed by atoms with van der Waals surface area (Å²) in [4.78, 5) is 30.9. The first kappa shape index (κ1) is 20.0. The summed E-state index contributed by atoms with van der Waals surface area (Å²) < 4.78 is 0. The predicted octanol–water partition coefficient (Wildman–Crippen LogP) is 5.32. The monoisotopic (exact) mass is 426 g/mol. The first-order valence-corrected chi connectivity index (χ1v) is 11.0. The SMILES string of the molecule is CC1CCN(C(=O)c2ccc3c(c2)N(C)C(=O)/C(=C/c2ccccc2Cl)S3)CC1. The van der Waals surface area contributed by atoms with Crippen LogP contribution in [0, 0.1) is 5.92 Å². The van der Waals surface area contributed by atoms with Gasteiger partial charge in [-0.25, -0.2) is 0 Å². The summed E-state index contributed by atoms with van der Waals surface area (Å²) in [5, 5.41) is 0.610. The largest absolute Gasteiger partial charge is 0.339 e. The lowest BCUT2D eigenvalue weighted by Crippen LogP contribution is -2.38. The lowest BCUT2D eigenvalue weighted by atomic mass is 9.98. The van der Waals surface area contributed by atoms with E-state index in [-0.39, 0.29) is 11.8 Å². The molecule has 2 aromatic rings. The number of rotatable bonds is 2. The normalized spacial score (nSPS) is 18.9. The zero-order chi connectivity index (χ0) is 20.5. The molecule has 6 heteroatoms. The van der Waals surface area contributed by atoms with Crippen LogP contribution in [-0.4, -0.2) is 36.9 Å². The number of carbonyl (C=O) groups excluding carboxylic acids is 2. The average molecular weight is 427 g/mol. The van der Waals surface area contributed by atoms with Crippen LogP contribution >= 0.6 is 23.4 Å². The van der Waals surface area contributed by atoms with Crippen molar-refractivity contribution in [3.63, 3.8) is 0 Å². The maximum absolute atomic E-state index is 12.9. The van der Waals surface area contributed by atoms with Crippen molar-refractivity contribution in [2.75, 3.05) is 25.0 Å². The van der Waals surface area contributed by atoms with E-state index in [1.54, 1.807) is 11.9 Å². The average Bonchev–Trinajstić information content (AvgIpc) is 2.73. The number of amides is 2. The summed E-state index contributed by atoms with van der Waals surface area (Å²) in [5.74, 6) is 0.618. The molecule has 0 aromatic heterocycles. The van der Waals surface area contributed by atoms with Crippen LogP contribution in [0.1, 0.15) is 35.7 Å². The maximum atomic E-state index is 12.9. The number of fused-ring (bicyclic) bond motifs is 1. The van der Waals surface area contributed by atoms with Crippen molar-refractivity contribution in [3.8, 4) is 0 Å². The number of nitrogens with zero attached hydrogens (tertiary/aromatic N) is 2. The Morgan fingerprint density at radius 2 is 1.90 bits per heavy atom. The van der Waals surface area contributed by atoms with Crippen LogP contribution in [0.4, 0.5) is 5.69 Å². The van der Waals surface area contributed by atoms with Gasteiger partial charge in [0.1, 0.15) is 0 Å². The third-order valence-corrected chi connectivity index (χ3v) is 6.99. The zero-order valence-corrected chi connectivity index (χ0v) is 18.1. The molecule has 29 heavy (non-hydrogen) atoms. The fourth-order valence-corrected chi connectivity index (χ4v) is 4.93. The Hall–Kier alpha value is -2.24. The number of likely N-dealkylation sites (tertiary alicyclic amines) is 1. The molecule has 0 radical (unpaired) electrons. The van der Waals surface area contributed by atoms with E-state index in [0.717, 1.165) is 42.1 Å². The van der Waals surface area contributed by atoms with Crippen molar-refractivity contribution in [3.05, 3.63) is 63.5 Å². The molecule has 0 N–H and O–H groups in total. The molecule has 4 nitrogen and oxygen atoms in total. The van der Waals surface area contributed by atoms with Gasteiger partial charge in [-0.05, 0) is 54.7 Å². The van der Waals surface area contributed by atoms with Crippen molar-refractivity contribution < 1.29 is 9.59 Å². The number of hydrogen-bond acceptors (Lipinski definition) is 3. The number of likely N-dealkylation sites (N-methyl/N-ethyl adjacent to an activating group) is 1. The van der Waals surface area contributed by atoms with E-state index < -0.39 is 0 Å². The number of thioether (sulfide) groups is 1.